The van der Waals surface area contributed by atoms with Crippen LogP contribution < -0.4 is 0 Å². The van der Waals surface area contributed by atoms with Crippen LogP contribution >= 0.6 is 0 Å². The van der Waals surface area contributed by atoms with Gasteiger partial charge < -0.3 is 9.84 Å². The van der Waals surface area contributed by atoms with Crippen LogP contribution in [0.1, 0.15) is 32.6 Å². The molecule has 80 valence electrons. The summed E-state index contributed by atoms with van der Waals surface area (Å²) in [5.41, 5.74) is -0.213. The zero-order valence-electron chi connectivity index (χ0n) is 8.82. The summed E-state index contributed by atoms with van der Waals surface area (Å²) in [6.07, 6.45) is 7.39. The molecule has 1 aliphatic rings. The van der Waals surface area contributed by atoms with Crippen molar-refractivity contribution in [2.45, 2.75) is 38.7 Å². The van der Waals surface area contributed by atoms with E-state index in [0.29, 0.717) is 0 Å². The molecule has 1 fully saturated rings. The normalized spacial score (nSPS) is 21.0. The molecule has 1 saturated carbocycles. The van der Waals surface area contributed by atoms with Gasteiger partial charge in [-0.25, -0.2) is 4.79 Å². The van der Waals surface area contributed by atoms with Gasteiger partial charge in [-0.05, 0) is 19.3 Å². The van der Waals surface area contributed by atoms with Crippen molar-refractivity contribution in [3.63, 3.8) is 0 Å². The lowest BCUT2D eigenvalue weighted by atomic mass is 9.98. The lowest BCUT2D eigenvalue weighted by Gasteiger charge is -2.18. The second kappa shape index (κ2) is 4.60. The number of aliphatic carboxylic acids is 1. The highest BCUT2D eigenvalue weighted by molar-refractivity contribution is 5.74. The van der Waals surface area contributed by atoms with Crippen molar-refractivity contribution in [2.24, 2.45) is 5.41 Å². The second-order valence-corrected chi connectivity index (χ2v) is 3.88. The lowest BCUT2D eigenvalue weighted by molar-refractivity contribution is -0.151. The van der Waals surface area contributed by atoms with Crippen LogP contribution in [0, 0.1) is 5.41 Å². The maximum atomic E-state index is 10.9. The predicted octanol–water partition coefficient (Wildman–Crippen LogP) is 2.22. The highest BCUT2D eigenvalue weighted by atomic mass is 16.5. The highest BCUT2D eigenvalue weighted by Crippen LogP contribution is 2.51. The lowest BCUT2D eigenvalue weighted by Crippen LogP contribution is -2.31. The Morgan fingerprint density at radius 1 is 1.64 bits per heavy atom. The van der Waals surface area contributed by atoms with E-state index < -0.39 is 12.1 Å². The smallest absolute Gasteiger partial charge is 0.333 e. The number of carboxylic acid groups (broad SMARTS) is 1. The van der Waals surface area contributed by atoms with Crippen LogP contribution in [-0.4, -0.2) is 24.3 Å². The minimum atomic E-state index is -0.855. The molecular weight excluding hydrogens is 180 g/mol. The first-order chi connectivity index (χ1) is 6.66. The summed E-state index contributed by atoms with van der Waals surface area (Å²) in [4.78, 5) is 10.9. The van der Waals surface area contributed by atoms with E-state index in [1.165, 1.54) is 7.11 Å². The summed E-state index contributed by atoms with van der Waals surface area (Å²) in [6.45, 7) is 2.11. The molecule has 3 heteroatoms. The molecule has 1 atom stereocenters. The first-order valence-electron chi connectivity index (χ1n) is 5.09. The third kappa shape index (κ3) is 2.35. The Bertz CT molecular complexity index is 229. The van der Waals surface area contributed by atoms with Gasteiger partial charge in [-0.1, -0.05) is 25.5 Å². The van der Waals surface area contributed by atoms with Crippen LogP contribution in [0.25, 0.3) is 0 Å². The standard InChI is InChI=1S/C11H18O3/c1-3-4-5-6-11(7-8-11)9(14-2)10(12)13/h5-6,9H,3-4,7-8H2,1-2H3,(H,12,13)/b6-5+. The van der Waals surface area contributed by atoms with Crippen molar-refractivity contribution < 1.29 is 14.6 Å². The molecule has 14 heavy (non-hydrogen) atoms. The van der Waals surface area contributed by atoms with Crippen molar-refractivity contribution in [1.82, 2.24) is 0 Å². The number of carboxylic acids is 1. The molecule has 0 saturated heterocycles. The number of ether oxygens (including phenoxy) is 1. The molecule has 0 aromatic heterocycles. The van der Waals surface area contributed by atoms with Gasteiger partial charge in [0.1, 0.15) is 0 Å². The van der Waals surface area contributed by atoms with Crippen LogP contribution in [0.2, 0.25) is 0 Å². The Balaban J connectivity index is 2.59. The summed E-state index contributed by atoms with van der Waals surface area (Å²) in [5, 5.41) is 8.95. The number of rotatable bonds is 6. The molecular formula is C11H18O3. The maximum Gasteiger partial charge on any atom is 0.333 e. The Morgan fingerprint density at radius 3 is 2.64 bits per heavy atom. The fraction of sp³-hybridized carbons (Fsp3) is 0.727. The van der Waals surface area contributed by atoms with Crippen LogP contribution in [-0.2, 0) is 9.53 Å². The van der Waals surface area contributed by atoms with Crippen molar-refractivity contribution in [2.75, 3.05) is 7.11 Å². The molecule has 1 N–H and O–H groups in total. The molecule has 0 heterocycles. The van der Waals surface area contributed by atoms with Crippen molar-refractivity contribution in [3.8, 4) is 0 Å². The minimum absolute atomic E-state index is 0.213. The van der Waals surface area contributed by atoms with E-state index in [0.717, 1.165) is 25.7 Å². The van der Waals surface area contributed by atoms with Gasteiger partial charge in [-0.15, -0.1) is 0 Å². The minimum Gasteiger partial charge on any atom is -0.479 e. The van der Waals surface area contributed by atoms with Crippen molar-refractivity contribution in [1.29, 1.82) is 0 Å². The largest absolute Gasteiger partial charge is 0.479 e. The number of hydrogen-bond acceptors (Lipinski definition) is 2. The molecule has 0 aromatic carbocycles. The average molecular weight is 198 g/mol. The number of unbranched alkanes of at least 4 members (excludes halogenated alkanes) is 1. The molecule has 1 unspecified atom stereocenters. The monoisotopic (exact) mass is 198 g/mol. The van der Waals surface area contributed by atoms with Crippen LogP contribution in [0.3, 0.4) is 0 Å². The van der Waals surface area contributed by atoms with Crippen LogP contribution in [0.15, 0.2) is 12.2 Å². The van der Waals surface area contributed by atoms with Gasteiger partial charge in [0, 0.05) is 12.5 Å². The van der Waals surface area contributed by atoms with Gasteiger partial charge in [0.15, 0.2) is 6.10 Å². The fourth-order valence-corrected chi connectivity index (χ4v) is 1.73. The van der Waals surface area contributed by atoms with Gasteiger partial charge in [-0.3, -0.25) is 0 Å². The Labute approximate surface area is 84.8 Å². The Morgan fingerprint density at radius 2 is 2.29 bits per heavy atom. The Kier molecular flexibility index (Phi) is 3.69. The number of methoxy groups -OCH3 is 1. The van der Waals surface area contributed by atoms with E-state index >= 15 is 0 Å². The summed E-state index contributed by atoms with van der Waals surface area (Å²) in [6, 6.07) is 0. The molecule has 0 radical (unpaired) electrons. The molecule has 0 aliphatic heterocycles. The molecule has 1 aliphatic carbocycles. The number of carbonyl (C=O) groups is 1. The summed E-state index contributed by atoms with van der Waals surface area (Å²) in [7, 11) is 1.46. The second-order valence-electron chi connectivity index (χ2n) is 3.88. The summed E-state index contributed by atoms with van der Waals surface area (Å²) < 4.78 is 5.02. The molecule has 3 nitrogen and oxygen atoms in total. The van der Waals surface area contributed by atoms with Crippen LogP contribution in [0.5, 0.6) is 0 Å². The number of allylic oxidation sites excluding steroid dienone is 1. The first kappa shape index (κ1) is 11.2. The van der Waals surface area contributed by atoms with Gasteiger partial charge in [-0.2, -0.15) is 0 Å². The quantitative estimate of drug-likeness (QED) is 0.666. The molecule has 1 rings (SSSR count). The molecule has 0 aromatic rings. The van der Waals surface area contributed by atoms with Crippen LogP contribution in [0.4, 0.5) is 0 Å². The maximum absolute atomic E-state index is 10.9. The van der Waals surface area contributed by atoms with E-state index in [1.807, 2.05) is 6.08 Å². The van der Waals surface area contributed by atoms with Crippen molar-refractivity contribution >= 4 is 5.97 Å². The SMILES string of the molecule is CCC/C=C/C1(C(OC)C(=O)O)CC1. The third-order valence-electron chi connectivity index (χ3n) is 2.71. The molecule has 0 amide bonds. The van der Waals surface area contributed by atoms with Crippen molar-refractivity contribution in [3.05, 3.63) is 12.2 Å². The highest BCUT2D eigenvalue weighted by Gasteiger charge is 2.51. The van der Waals surface area contributed by atoms with Gasteiger partial charge >= 0.3 is 5.97 Å². The first-order valence-corrected chi connectivity index (χ1v) is 5.09. The number of hydrogen-bond donors (Lipinski definition) is 1. The molecule has 0 spiro atoms. The van der Waals surface area contributed by atoms with E-state index in [2.05, 4.69) is 13.0 Å². The zero-order valence-corrected chi connectivity index (χ0v) is 8.82. The summed E-state index contributed by atoms with van der Waals surface area (Å²) in [5.74, 6) is -0.855. The third-order valence-corrected chi connectivity index (χ3v) is 2.71. The van der Waals surface area contributed by atoms with Gasteiger partial charge in [0.05, 0.1) is 0 Å². The molecule has 0 bridgehead atoms. The van der Waals surface area contributed by atoms with E-state index in [1.54, 1.807) is 0 Å². The van der Waals surface area contributed by atoms with E-state index in [9.17, 15) is 4.79 Å². The van der Waals surface area contributed by atoms with E-state index in [-0.39, 0.29) is 5.41 Å². The fourth-order valence-electron chi connectivity index (χ4n) is 1.73. The van der Waals surface area contributed by atoms with E-state index in [4.69, 9.17) is 9.84 Å². The van der Waals surface area contributed by atoms with Gasteiger partial charge in [0.25, 0.3) is 0 Å². The van der Waals surface area contributed by atoms with Gasteiger partial charge in [0.2, 0.25) is 0 Å². The average Bonchev–Trinajstić information content (AvgIpc) is 2.87. The predicted molar refractivity (Wildman–Crippen MR) is 54.1 cm³/mol. The topological polar surface area (TPSA) is 46.5 Å². The summed E-state index contributed by atoms with van der Waals surface area (Å²) >= 11 is 0. The zero-order chi connectivity index (χ0) is 10.6. The Hall–Kier alpha value is -0.830.